The number of halogens is 3. The Morgan fingerprint density at radius 3 is 2.43 bits per heavy atom. The Bertz CT molecular complexity index is 445. The lowest BCUT2D eigenvalue weighted by molar-refractivity contribution is -0.138. The minimum atomic E-state index is -4.31. The number of benzene rings is 1. The Morgan fingerprint density at radius 1 is 1.24 bits per heavy atom. The number of thioether (sulfide) groups is 1. The van der Waals surface area contributed by atoms with Crippen LogP contribution in [0.1, 0.15) is 25.0 Å². The first-order chi connectivity index (χ1) is 9.70. The van der Waals surface area contributed by atoms with E-state index in [1.54, 1.807) is 12.1 Å². The van der Waals surface area contributed by atoms with Gasteiger partial charge in [0.2, 0.25) is 0 Å². The van der Waals surface area contributed by atoms with Crippen molar-refractivity contribution in [3.63, 3.8) is 0 Å². The molecule has 6 heteroatoms. The van der Waals surface area contributed by atoms with E-state index in [9.17, 15) is 13.2 Å². The van der Waals surface area contributed by atoms with E-state index >= 15 is 0 Å². The fraction of sp³-hybridized carbons (Fsp3) is 0.600. The molecule has 0 heterocycles. The van der Waals surface area contributed by atoms with Crippen molar-refractivity contribution in [3.05, 3.63) is 29.3 Å². The molecule has 1 N–H and O–H groups in total. The summed E-state index contributed by atoms with van der Waals surface area (Å²) in [6, 6.07) is 4.76. The van der Waals surface area contributed by atoms with Gasteiger partial charge in [-0.1, -0.05) is 19.9 Å². The number of alkyl halides is 3. The van der Waals surface area contributed by atoms with Crippen molar-refractivity contribution >= 4 is 11.8 Å². The van der Waals surface area contributed by atoms with Gasteiger partial charge in [-0.2, -0.15) is 13.2 Å². The quantitative estimate of drug-likeness (QED) is 0.768. The SMILES string of the molecule is CC(C)NCc1ccc(SCCN(C)C)cc1C(F)(F)F. The van der Waals surface area contributed by atoms with E-state index in [0.29, 0.717) is 10.5 Å². The van der Waals surface area contributed by atoms with E-state index < -0.39 is 11.7 Å². The predicted octanol–water partition coefficient (Wildman–Crippen LogP) is 3.86. The molecule has 0 fully saturated rings. The smallest absolute Gasteiger partial charge is 0.310 e. The number of rotatable bonds is 7. The van der Waals surface area contributed by atoms with Gasteiger partial charge in [-0.05, 0) is 31.8 Å². The van der Waals surface area contributed by atoms with Gasteiger partial charge in [0.25, 0.3) is 0 Å². The second-order valence-electron chi connectivity index (χ2n) is 5.50. The summed E-state index contributed by atoms with van der Waals surface area (Å²) in [7, 11) is 3.89. The largest absolute Gasteiger partial charge is 0.416 e. The Balaban J connectivity index is 2.86. The Hall–Kier alpha value is -0.720. The van der Waals surface area contributed by atoms with Crippen LogP contribution in [0.3, 0.4) is 0 Å². The zero-order valence-electron chi connectivity index (χ0n) is 12.9. The lowest BCUT2D eigenvalue weighted by Crippen LogP contribution is -2.24. The minimum Gasteiger partial charge on any atom is -0.310 e. The lowest BCUT2D eigenvalue weighted by atomic mass is 10.1. The van der Waals surface area contributed by atoms with Crippen LogP contribution < -0.4 is 5.32 Å². The molecule has 0 amide bonds. The maximum Gasteiger partial charge on any atom is 0.416 e. The van der Waals surface area contributed by atoms with Crippen LogP contribution in [0, 0.1) is 0 Å². The molecule has 0 aliphatic rings. The molecule has 0 saturated heterocycles. The van der Waals surface area contributed by atoms with E-state index in [4.69, 9.17) is 0 Å². The summed E-state index contributed by atoms with van der Waals surface area (Å²) in [6.07, 6.45) is -4.31. The zero-order chi connectivity index (χ0) is 16.0. The number of hydrogen-bond acceptors (Lipinski definition) is 3. The van der Waals surface area contributed by atoms with Crippen molar-refractivity contribution in [1.29, 1.82) is 0 Å². The summed E-state index contributed by atoms with van der Waals surface area (Å²) in [5.74, 6) is 0.772. The average molecular weight is 320 g/mol. The van der Waals surface area contributed by atoms with Crippen LogP contribution in [0.5, 0.6) is 0 Å². The van der Waals surface area contributed by atoms with Gasteiger partial charge in [0.1, 0.15) is 0 Å². The van der Waals surface area contributed by atoms with Crippen LogP contribution in [-0.4, -0.2) is 37.3 Å². The van der Waals surface area contributed by atoms with Crippen LogP contribution in [0.15, 0.2) is 23.1 Å². The molecule has 0 aliphatic heterocycles. The molecule has 0 radical (unpaired) electrons. The normalized spacial score (nSPS) is 12.4. The topological polar surface area (TPSA) is 15.3 Å². The summed E-state index contributed by atoms with van der Waals surface area (Å²) in [6.45, 7) is 4.90. The minimum absolute atomic E-state index is 0.153. The molecule has 0 aromatic heterocycles. The predicted molar refractivity (Wildman–Crippen MR) is 82.7 cm³/mol. The summed E-state index contributed by atoms with van der Waals surface area (Å²) < 4.78 is 39.5. The third-order valence-electron chi connectivity index (χ3n) is 2.89. The molecule has 2 nitrogen and oxygen atoms in total. The van der Waals surface area contributed by atoms with E-state index in [1.165, 1.54) is 17.8 Å². The van der Waals surface area contributed by atoms with Gasteiger partial charge in [-0.3, -0.25) is 0 Å². The number of nitrogens with zero attached hydrogens (tertiary/aromatic N) is 1. The molecular weight excluding hydrogens is 297 g/mol. The van der Waals surface area contributed by atoms with E-state index in [2.05, 4.69) is 5.32 Å². The molecule has 120 valence electrons. The first kappa shape index (κ1) is 18.3. The molecule has 0 atom stereocenters. The van der Waals surface area contributed by atoms with Crippen LogP contribution in [0.2, 0.25) is 0 Å². The number of nitrogens with one attached hydrogen (secondary N) is 1. The number of hydrogen-bond donors (Lipinski definition) is 1. The molecule has 0 saturated carbocycles. The fourth-order valence-corrected chi connectivity index (χ4v) is 2.78. The highest BCUT2D eigenvalue weighted by Crippen LogP contribution is 2.34. The average Bonchev–Trinajstić information content (AvgIpc) is 2.35. The Kier molecular flexibility index (Phi) is 7.03. The monoisotopic (exact) mass is 320 g/mol. The maximum absolute atomic E-state index is 13.2. The third kappa shape index (κ3) is 6.72. The summed E-state index contributed by atoms with van der Waals surface area (Å²) in [5.41, 5.74) is -0.237. The summed E-state index contributed by atoms with van der Waals surface area (Å²) in [4.78, 5) is 2.68. The second-order valence-corrected chi connectivity index (χ2v) is 6.67. The summed E-state index contributed by atoms with van der Waals surface area (Å²) >= 11 is 1.45. The molecule has 0 spiro atoms. The van der Waals surface area contributed by atoms with Gasteiger partial charge in [0.05, 0.1) is 5.56 Å². The van der Waals surface area contributed by atoms with E-state index in [0.717, 1.165) is 12.3 Å². The lowest BCUT2D eigenvalue weighted by Gasteiger charge is -2.16. The van der Waals surface area contributed by atoms with Crippen molar-refractivity contribution in [2.24, 2.45) is 0 Å². The molecule has 0 bridgehead atoms. The Morgan fingerprint density at radius 2 is 1.90 bits per heavy atom. The van der Waals surface area contributed by atoms with Crippen molar-refractivity contribution in [3.8, 4) is 0 Å². The molecule has 21 heavy (non-hydrogen) atoms. The zero-order valence-corrected chi connectivity index (χ0v) is 13.7. The third-order valence-corrected chi connectivity index (χ3v) is 3.87. The van der Waals surface area contributed by atoms with Crippen molar-refractivity contribution in [1.82, 2.24) is 10.2 Å². The van der Waals surface area contributed by atoms with Gasteiger partial charge in [0, 0.05) is 29.8 Å². The molecule has 1 rings (SSSR count). The van der Waals surface area contributed by atoms with Gasteiger partial charge < -0.3 is 10.2 Å². The fourth-order valence-electron chi connectivity index (χ4n) is 1.72. The highest BCUT2D eigenvalue weighted by molar-refractivity contribution is 7.99. The van der Waals surface area contributed by atoms with Crippen molar-refractivity contribution in [2.75, 3.05) is 26.4 Å². The maximum atomic E-state index is 13.2. The molecule has 1 aromatic rings. The summed E-state index contributed by atoms with van der Waals surface area (Å²) in [5, 5.41) is 3.04. The van der Waals surface area contributed by atoms with Gasteiger partial charge in [-0.25, -0.2) is 0 Å². The first-order valence-corrected chi connectivity index (χ1v) is 7.89. The van der Waals surface area contributed by atoms with Crippen LogP contribution in [0.25, 0.3) is 0 Å². The van der Waals surface area contributed by atoms with Crippen LogP contribution >= 0.6 is 11.8 Å². The van der Waals surface area contributed by atoms with Crippen molar-refractivity contribution < 1.29 is 13.2 Å². The van der Waals surface area contributed by atoms with Crippen LogP contribution in [0.4, 0.5) is 13.2 Å². The standard InChI is InChI=1S/C15H23F3N2S/c1-11(2)19-10-12-5-6-13(21-8-7-20(3)4)9-14(12)15(16,17)18/h5-6,9,11,19H,7-8,10H2,1-4H3. The van der Waals surface area contributed by atoms with Gasteiger partial charge in [0.15, 0.2) is 0 Å². The van der Waals surface area contributed by atoms with Crippen LogP contribution in [-0.2, 0) is 12.7 Å². The highest BCUT2D eigenvalue weighted by Gasteiger charge is 2.33. The molecule has 0 aliphatic carbocycles. The van der Waals surface area contributed by atoms with Gasteiger partial charge >= 0.3 is 6.18 Å². The van der Waals surface area contributed by atoms with Gasteiger partial charge in [-0.15, -0.1) is 11.8 Å². The molecule has 1 aromatic carbocycles. The van der Waals surface area contributed by atoms with E-state index in [1.807, 2.05) is 32.8 Å². The first-order valence-electron chi connectivity index (χ1n) is 6.91. The van der Waals surface area contributed by atoms with Crippen molar-refractivity contribution in [2.45, 2.75) is 37.5 Å². The second kappa shape index (κ2) is 8.06. The van der Waals surface area contributed by atoms with E-state index in [-0.39, 0.29) is 12.6 Å². The Labute approximate surface area is 129 Å². The molecular formula is C15H23F3N2S. The molecule has 0 unspecified atom stereocenters. The highest BCUT2D eigenvalue weighted by atomic mass is 32.2.